The van der Waals surface area contributed by atoms with Crippen molar-refractivity contribution in [3.63, 3.8) is 0 Å². The van der Waals surface area contributed by atoms with E-state index in [1.807, 2.05) is 35.7 Å². The zero-order chi connectivity index (χ0) is 14.4. The first-order valence-electron chi connectivity index (χ1n) is 6.42. The predicted octanol–water partition coefficient (Wildman–Crippen LogP) is 2.58. The molecule has 1 aromatic carbocycles. The van der Waals surface area contributed by atoms with Crippen LogP contribution in [0.4, 0.5) is 0 Å². The summed E-state index contributed by atoms with van der Waals surface area (Å²) in [5.74, 6) is 0.497. The molecule has 0 aliphatic heterocycles. The Morgan fingerprint density at radius 1 is 1.35 bits per heavy atom. The number of carbonyl (C=O) groups is 1. The number of benzene rings is 1. The van der Waals surface area contributed by atoms with Crippen molar-refractivity contribution >= 4 is 17.2 Å². The fourth-order valence-electron chi connectivity index (χ4n) is 1.91. The molecule has 0 aliphatic carbocycles. The molecule has 4 nitrogen and oxygen atoms in total. The molecule has 0 saturated heterocycles. The highest BCUT2D eigenvalue weighted by molar-refractivity contribution is 7.12. The van der Waals surface area contributed by atoms with Crippen LogP contribution in [0.15, 0.2) is 41.8 Å². The summed E-state index contributed by atoms with van der Waals surface area (Å²) in [7, 11) is 1.56. The van der Waals surface area contributed by atoms with Gasteiger partial charge in [-0.3, -0.25) is 4.79 Å². The van der Waals surface area contributed by atoms with Gasteiger partial charge in [0.2, 0.25) is 0 Å². The Hall–Kier alpha value is -1.85. The van der Waals surface area contributed by atoms with E-state index in [0.29, 0.717) is 23.6 Å². The lowest BCUT2D eigenvalue weighted by atomic mass is 10.1. The van der Waals surface area contributed by atoms with Crippen LogP contribution in [0.1, 0.15) is 27.7 Å². The monoisotopic (exact) mass is 290 g/mol. The molecule has 1 heterocycles. The lowest BCUT2D eigenvalue weighted by molar-refractivity contribution is 0.0954. The van der Waals surface area contributed by atoms with E-state index in [0.717, 1.165) is 5.56 Å². The van der Waals surface area contributed by atoms with Gasteiger partial charge in [-0.1, -0.05) is 30.3 Å². The predicted molar refractivity (Wildman–Crippen MR) is 81.2 cm³/mol. The van der Waals surface area contributed by atoms with E-state index in [-0.39, 0.29) is 11.9 Å². The summed E-state index contributed by atoms with van der Waals surface area (Å²) in [5, 5.41) is 4.71. The summed E-state index contributed by atoms with van der Waals surface area (Å²) < 4.78 is 5.13. The number of amides is 1. The Kier molecular flexibility index (Phi) is 5.15. The smallest absolute Gasteiger partial charge is 0.265 e. The topological polar surface area (TPSA) is 64.3 Å². The number of nitrogens with two attached hydrogens (primary N) is 1. The highest BCUT2D eigenvalue weighted by Crippen LogP contribution is 2.24. The quantitative estimate of drug-likeness (QED) is 0.859. The van der Waals surface area contributed by atoms with E-state index in [4.69, 9.17) is 10.5 Å². The van der Waals surface area contributed by atoms with E-state index in [2.05, 4.69) is 5.32 Å². The highest BCUT2D eigenvalue weighted by atomic mass is 32.1. The molecule has 0 bridgehead atoms. The Morgan fingerprint density at radius 2 is 2.10 bits per heavy atom. The fraction of sp³-hybridized carbons (Fsp3) is 0.267. The van der Waals surface area contributed by atoms with Gasteiger partial charge >= 0.3 is 0 Å². The maximum absolute atomic E-state index is 12.0. The molecule has 3 N–H and O–H groups in total. The van der Waals surface area contributed by atoms with Gasteiger partial charge in [0, 0.05) is 12.6 Å². The van der Waals surface area contributed by atoms with Crippen molar-refractivity contribution in [3.8, 4) is 5.75 Å². The Morgan fingerprint density at radius 3 is 2.80 bits per heavy atom. The summed E-state index contributed by atoms with van der Waals surface area (Å²) in [4.78, 5) is 12.6. The van der Waals surface area contributed by atoms with Crippen LogP contribution in [0.5, 0.6) is 5.75 Å². The molecule has 5 heteroatoms. The van der Waals surface area contributed by atoms with E-state index in [9.17, 15) is 4.79 Å². The molecular formula is C15H18N2O2S. The summed E-state index contributed by atoms with van der Waals surface area (Å²) in [6, 6.07) is 11.6. The molecule has 1 amide bonds. The second-order valence-corrected chi connectivity index (χ2v) is 5.30. The molecule has 1 unspecified atom stereocenters. The minimum atomic E-state index is -0.114. The molecule has 2 rings (SSSR count). The van der Waals surface area contributed by atoms with E-state index >= 15 is 0 Å². The number of ether oxygens (including phenoxy) is 1. The first-order chi connectivity index (χ1) is 9.72. The normalized spacial score (nSPS) is 11.9. The van der Waals surface area contributed by atoms with E-state index in [1.54, 1.807) is 13.2 Å². The minimum absolute atomic E-state index is 0.0678. The summed E-state index contributed by atoms with van der Waals surface area (Å²) in [6.07, 6.45) is 0.698. The molecule has 20 heavy (non-hydrogen) atoms. The van der Waals surface area contributed by atoms with Crippen LogP contribution in [-0.2, 0) is 0 Å². The van der Waals surface area contributed by atoms with Crippen molar-refractivity contribution in [1.29, 1.82) is 0 Å². The number of nitrogens with one attached hydrogen (secondary N) is 1. The van der Waals surface area contributed by atoms with Crippen LogP contribution < -0.4 is 15.8 Å². The standard InChI is InChI=1S/C15H18N2O2S/c1-19-13-8-10-20-14(13)15(18)17-9-7-12(16)11-5-3-2-4-6-11/h2-6,8,10,12H,7,9,16H2,1H3,(H,17,18). The number of rotatable bonds is 6. The molecule has 0 radical (unpaired) electrons. The Bertz CT molecular complexity index is 554. The van der Waals surface area contributed by atoms with Crippen molar-refractivity contribution in [2.75, 3.05) is 13.7 Å². The zero-order valence-corrected chi connectivity index (χ0v) is 12.2. The van der Waals surface area contributed by atoms with E-state index < -0.39 is 0 Å². The van der Waals surface area contributed by atoms with Gasteiger partial charge in [0.1, 0.15) is 10.6 Å². The molecule has 2 aromatic rings. The first kappa shape index (κ1) is 14.6. The molecule has 0 spiro atoms. The molecule has 106 valence electrons. The molecule has 0 saturated carbocycles. The maximum Gasteiger partial charge on any atom is 0.265 e. The number of hydrogen-bond acceptors (Lipinski definition) is 4. The number of thiophene rings is 1. The minimum Gasteiger partial charge on any atom is -0.495 e. The van der Waals surface area contributed by atoms with Gasteiger partial charge in [0.15, 0.2) is 0 Å². The lowest BCUT2D eigenvalue weighted by Gasteiger charge is -2.12. The Balaban J connectivity index is 1.83. The molecular weight excluding hydrogens is 272 g/mol. The van der Waals surface area contributed by atoms with Crippen molar-refractivity contribution in [1.82, 2.24) is 5.32 Å². The van der Waals surface area contributed by atoms with Gasteiger partial charge in [0.05, 0.1) is 7.11 Å². The second kappa shape index (κ2) is 7.07. The van der Waals surface area contributed by atoms with Gasteiger partial charge in [-0.2, -0.15) is 0 Å². The first-order valence-corrected chi connectivity index (χ1v) is 7.30. The summed E-state index contributed by atoms with van der Waals surface area (Å²) in [6.45, 7) is 0.538. The fourth-order valence-corrected chi connectivity index (χ4v) is 2.69. The van der Waals surface area contributed by atoms with Crippen LogP contribution in [0.3, 0.4) is 0 Å². The SMILES string of the molecule is COc1ccsc1C(=O)NCCC(N)c1ccccc1. The third kappa shape index (κ3) is 3.59. The van der Waals surface area contributed by atoms with Crippen molar-refractivity contribution in [2.24, 2.45) is 5.73 Å². The van der Waals surface area contributed by atoms with Crippen LogP contribution in [0, 0.1) is 0 Å². The number of hydrogen-bond donors (Lipinski definition) is 2. The largest absolute Gasteiger partial charge is 0.495 e. The van der Waals surface area contributed by atoms with Crippen molar-refractivity contribution in [2.45, 2.75) is 12.5 Å². The third-order valence-electron chi connectivity index (χ3n) is 3.02. The third-order valence-corrected chi connectivity index (χ3v) is 3.92. The van der Waals surface area contributed by atoms with Crippen LogP contribution in [0.25, 0.3) is 0 Å². The average Bonchev–Trinajstić information content (AvgIpc) is 2.96. The van der Waals surface area contributed by atoms with Crippen LogP contribution >= 0.6 is 11.3 Å². The van der Waals surface area contributed by atoms with Crippen molar-refractivity contribution < 1.29 is 9.53 Å². The van der Waals surface area contributed by atoms with Crippen LogP contribution in [0.2, 0.25) is 0 Å². The van der Waals surface area contributed by atoms with Gasteiger partial charge < -0.3 is 15.8 Å². The summed E-state index contributed by atoms with van der Waals surface area (Å²) >= 11 is 1.37. The Labute approximate surface area is 122 Å². The summed E-state index contributed by atoms with van der Waals surface area (Å²) in [5.41, 5.74) is 7.16. The zero-order valence-electron chi connectivity index (χ0n) is 11.3. The van der Waals surface area contributed by atoms with Gasteiger partial charge in [-0.15, -0.1) is 11.3 Å². The number of methoxy groups -OCH3 is 1. The molecule has 0 aliphatic rings. The number of carbonyl (C=O) groups excluding carboxylic acids is 1. The van der Waals surface area contributed by atoms with Gasteiger partial charge in [-0.25, -0.2) is 0 Å². The lowest BCUT2D eigenvalue weighted by Crippen LogP contribution is -2.26. The van der Waals surface area contributed by atoms with Gasteiger partial charge in [0.25, 0.3) is 5.91 Å². The second-order valence-electron chi connectivity index (χ2n) is 4.38. The van der Waals surface area contributed by atoms with E-state index in [1.165, 1.54) is 11.3 Å². The average molecular weight is 290 g/mol. The van der Waals surface area contributed by atoms with Crippen LogP contribution in [-0.4, -0.2) is 19.6 Å². The highest BCUT2D eigenvalue weighted by Gasteiger charge is 2.13. The molecule has 1 atom stereocenters. The molecule has 0 fully saturated rings. The maximum atomic E-state index is 12.0. The van der Waals surface area contributed by atoms with Crippen molar-refractivity contribution in [3.05, 3.63) is 52.2 Å². The van der Waals surface area contributed by atoms with Gasteiger partial charge in [-0.05, 0) is 23.4 Å². The molecule has 1 aromatic heterocycles.